The van der Waals surface area contributed by atoms with E-state index in [1.54, 1.807) is 0 Å². The zero-order valence-electron chi connectivity index (χ0n) is 78.0. The average Bonchev–Trinajstić information content (AvgIpc) is 0.751. The van der Waals surface area contributed by atoms with Gasteiger partial charge in [-0.2, -0.15) is 0 Å². The molecule has 0 saturated heterocycles. The van der Waals surface area contributed by atoms with E-state index >= 15 is 0 Å². The highest BCUT2D eigenvalue weighted by molar-refractivity contribution is 6.09. The monoisotopic (exact) mass is 1710 g/mol. The molecule has 24 rings (SSSR count). The molecule has 4 heterocycles. The standard InChI is InChI=1S/C33H28N.3C32H26N/c1-21-18-33(34(4)20-23(21)3)30-19-32-29-16-10-8-14-27(29)25-12-6-5-11-24(25)26-13-7-9-15-28(26)31(32)17-22(30)2;1-21-11-10-18-33(3)32(21)29-20-31-28-17-9-7-15-26(28)24-13-5-4-12-23(24)25-14-6-8-16-27(25)30(31)19-22(29)2;1-21-16-17-32(33(3)20-21)29-19-31-28-15-9-7-13-26(28)24-11-5-4-10-23(24)25-12-6-8-14-27(25)30(31)18-22(29)2;1-21-16-17-33(3)32(18-21)29-20-31-28-15-9-7-13-26(28)24-11-5-4-10-23(24)25-12-6-8-14-27(25)30(31)19-22(29)2/h5-20H,1-4H3;3*4-20H,1-3H3/q4*+1. The van der Waals surface area contributed by atoms with Gasteiger partial charge in [-0.05, 0) is 334 Å². The number of hydrogen-bond donors (Lipinski definition) is 0. The SMILES string of the molecule is Cc1cc(-c2cc3c(cc2C)-c2ccccc2-c2ccccc2-c2ccccc2-3)[n+](C)cc1C.Cc1cc2c(cc1-c1c(C)ccc[n+]1C)-c1ccccc1-c1ccccc1-c1ccccc1-2.Cc1cc[n+](C)c(-c2cc3c(cc2C)-c2ccccc2-c2ccccc2-c2ccccc2-3)c1.Cc1ccc(-c2cc3c(cc2C)-c2ccccc2-c2ccccc2-c2ccccc2-3)[n+](C)c1. The van der Waals surface area contributed by atoms with Crippen LogP contribution < -0.4 is 18.3 Å². The van der Waals surface area contributed by atoms with Crippen molar-refractivity contribution in [2.75, 3.05) is 0 Å². The maximum atomic E-state index is 2.42. The molecule has 0 N–H and O–H groups in total. The van der Waals surface area contributed by atoms with Gasteiger partial charge in [-0.25, -0.2) is 18.3 Å². The lowest BCUT2D eigenvalue weighted by atomic mass is 9.79. The Labute approximate surface area is 783 Å². The fourth-order valence-electron chi connectivity index (χ4n) is 21.4. The molecule has 0 atom stereocenters. The van der Waals surface area contributed by atoms with Crippen LogP contribution in [0.15, 0.2) is 407 Å². The zero-order chi connectivity index (χ0) is 91.0. The van der Waals surface area contributed by atoms with Crippen LogP contribution in [0.25, 0.3) is 223 Å². The van der Waals surface area contributed by atoms with E-state index in [0.717, 1.165) is 0 Å². The molecule has 0 saturated carbocycles. The Morgan fingerprint density at radius 3 is 0.632 bits per heavy atom. The van der Waals surface area contributed by atoms with Crippen LogP contribution in [0, 0.1) is 62.3 Å². The summed E-state index contributed by atoms with van der Waals surface area (Å²) in [6.45, 7) is 19.8. The van der Waals surface area contributed by atoms with Crippen molar-refractivity contribution in [3.05, 3.63) is 457 Å². The van der Waals surface area contributed by atoms with Crippen molar-refractivity contribution < 1.29 is 18.3 Å². The molecule has 0 radical (unpaired) electrons. The van der Waals surface area contributed by atoms with E-state index in [4.69, 9.17) is 0 Å². The third-order valence-electron chi connectivity index (χ3n) is 28.0. The first-order valence-corrected chi connectivity index (χ1v) is 46.5. The van der Waals surface area contributed by atoms with Gasteiger partial charge in [0.25, 0.3) is 0 Å². The lowest BCUT2D eigenvalue weighted by Gasteiger charge is -2.24. The van der Waals surface area contributed by atoms with Gasteiger partial charge < -0.3 is 0 Å². The van der Waals surface area contributed by atoms with Crippen LogP contribution in [0.1, 0.15) is 50.1 Å². The Kier molecular flexibility index (Phi) is 22.0. The van der Waals surface area contributed by atoms with Crippen LogP contribution in [0.2, 0.25) is 0 Å². The number of aromatic nitrogens is 4. The van der Waals surface area contributed by atoms with Crippen molar-refractivity contribution in [3.8, 4) is 223 Å². The lowest BCUT2D eigenvalue weighted by Crippen LogP contribution is -2.31. The van der Waals surface area contributed by atoms with E-state index in [1.165, 1.54) is 273 Å². The van der Waals surface area contributed by atoms with Crippen molar-refractivity contribution in [3.63, 3.8) is 0 Å². The van der Waals surface area contributed by atoms with Gasteiger partial charge in [-0.15, -0.1) is 0 Å². The maximum Gasteiger partial charge on any atom is 0.215 e. The summed E-state index contributed by atoms with van der Waals surface area (Å²) < 4.78 is 8.96. The van der Waals surface area contributed by atoms with Gasteiger partial charge in [-0.3, -0.25) is 0 Å². The normalized spacial score (nSPS) is 11.5. The van der Waals surface area contributed by atoms with Crippen molar-refractivity contribution in [1.29, 1.82) is 0 Å². The predicted octanol–water partition coefficient (Wildman–Crippen LogP) is 31.4. The summed E-state index contributed by atoms with van der Waals surface area (Å²) in [6.07, 6.45) is 8.73. The molecule has 0 unspecified atom stereocenters. The second-order valence-corrected chi connectivity index (χ2v) is 36.6. The van der Waals surface area contributed by atoms with Gasteiger partial charge in [0.2, 0.25) is 22.8 Å². The summed E-state index contributed by atoms with van der Waals surface area (Å²) in [7, 11) is 8.55. The molecule has 4 aliphatic rings. The third kappa shape index (κ3) is 15.1. The molecule has 16 aromatic carbocycles. The molecular formula is C129H106N4+4. The van der Waals surface area contributed by atoms with E-state index in [2.05, 4.69) is 516 Å². The molecule has 20 aromatic rings. The number of nitrogens with zero attached hydrogens (tertiary/aromatic N) is 4. The molecule has 4 aromatic heterocycles. The Hall–Kier alpha value is -15.9. The highest BCUT2D eigenvalue weighted by Gasteiger charge is 2.32. The fourth-order valence-corrected chi connectivity index (χ4v) is 21.4. The molecule has 0 spiro atoms. The Bertz CT molecular complexity index is 8090. The smallest absolute Gasteiger partial charge is 0.201 e. The minimum Gasteiger partial charge on any atom is -0.201 e. The fraction of sp³-hybridized carbons (Fsp3) is 0.101. The summed E-state index contributed by atoms with van der Waals surface area (Å²) in [5.41, 5.74) is 62.9. The highest BCUT2D eigenvalue weighted by Crippen LogP contribution is 2.55. The van der Waals surface area contributed by atoms with Crippen molar-refractivity contribution >= 4 is 0 Å². The molecule has 4 nitrogen and oxygen atoms in total. The van der Waals surface area contributed by atoms with E-state index in [9.17, 15) is 0 Å². The first-order chi connectivity index (χ1) is 64.9. The average molecular weight is 1710 g/mol. The molecule has 0 amide bonds. The molecule has 0 aliphatic heterocycles. The van der Waals surface area contributed by atoms with Crippen LogP contribution in [-0.4, -0.2) is 0 Å². The first kappa shape index (κ1) is 84.0. The second kappa shape index (κ2) is 34.9. The highest BCUT2D eigenvalue weighted by atomic mass is 14.9. The van der Waals surface area contributed by atoms with E-state index < -0.39 is 0 Å². The van der Waals surface area contributed by atoms with Gasteiger partial charge in [0, 0.05) is 69.3 Å². The van der Waals surface area contributed by atoms with E-state index in [1.807, 2.05) is 0 Å². The molecule has 133 heavy (non-hydrogen) atoms. The van der Waals surface area contributed by atoms with Gasteiger partial charge in [-0.1, -0.05) is 291 Å². The van der Waals surface area contributed by atoms with Crippen molar-refractivity contribution in [1.82, 2.24) is 0 Å². The topological polar surface area (TPSA) is 15.5 Å². The van der Waals surface area contributed by atoms with Crippen LogP contribution in [0.3, 0.4) is 0 Å². The molecule has 0 fully saturated rings. The van der Waals surface area contributed by atoms with Gasteiger partial charge in [0.05, 0.1) is 0 Å². The Morgan fingerprint density at radius 2 is 0.361 bits per heavy atom. The number of fused-ring (bicyclic) bond motifs is 32. The first-order valence-electron chi connectivity index (χ1n) is 46.5. The summed E-state index contributed by atoms with van der Waals surface area (Å²) in [6, 6.07) is 141. The number of rotatable bonds is 4. The lowest BCUT2D eigenvalue weighted by molar-refractivity contribution is -0.660. The number of benzene rings is 16. The largest absolute Gasteiger partial charge is 0.215 e. The minimum absolute atomic E-state index is 1.23. The van der Waals surface area contributed by atoms with Crippen LogP contribution >= 0.6 is 0 Å². The van der Waals surface area contributed by atoms with Crippen LogP contribution in [0.4, 0.5) is 0 Å². The summed E-state index contributed by atoms with van der Waals surface area (Å²) in [5, 5.41) is 0. The summed E-state index contributed by atoms with van der Waals surface area (Å²) in [5.74, 6) is 0. The summed E-state index contributed by atoms with van der Waals surface area (Å²) in [4.78, 5) is 0. The molecular weight excluding hydrogens is 1610 g/mol. The van der Waals surface area contributed by atoms with Crippen LogP contribution in [0.5, 0.6) is 0 Å². The molecule has 4 aliphatic carbocycles. The van der Waals surface area contributed by atoms with Gasteiger partial charge >= 0.3 is 0 Å². The number of aryl methyl sites for hydroxylation is 13. The van der Waals surface area contributed by atoms with Gasteiger partial charge in [0.1, 0.15) is 28.2 Å². The number of pyridine rings is 4. The minimum atomic E-state index is 1.23. The Morgan fingerprint density at radius 1 is 0.128 bits per heavy atom. The predicted molar refractivity (Wildman–Crippen MR) is 556 cm³/mol. The molecule has 638 valence electrons. The Balaban J connectivity index is 0.000000107. The van der Waals surface area contributed by atoms with Crippen LogP contribution in [-0.2, 0) is 28.2 Å². The number of hydrogen-bond acceptors (Lipinski definition) is 0. The quantitative estimate of drug-likeness (QED) is 0.156. The van der Waals surface area contributed by atoms with Crippen molar-refractivity contribution in [2.24, 2.45) is 28.2 Å². The maximum absolute atomic E-state index is 2.42. The molecule has 4 heteroatoms. The zero-order valence-corrected chi connectivity index (χ0v) is 78.0. The van der Waals surface area contributed by atoms with E-state index in [0.29, 0.717) is 0 Å². The van der Waals surface area contributed by atoms with E-state index in [-0.39, 0.29) is 0 Å². The van der Waals surface area contributed by atoms with Crippen molar-refractivity contribution in [2.45, 2.75) is 62.3 Å². The second-order valence-electron chi connectivity index (χ2n) is 36.6. The summed E-state index contributed by atoms with van der Waals surface area (Å²) >= 11 is 0. The molecule has 0 bridgehead atoms. The van der Waals surface area contributed by atoms with Gasteiger partial charge in [0.15, 0.2) is 24.8 Å². The third-order valence-corrected chi connectivity index (χ3v) is 28.0.